The normalized spacial score (nSPS) is 21.6. The third-order valence-electron chi connectivity index (χ3n) is 5.07. The van der Waals surface area contributed by atoms with Gasteiger partial charge in [0, 0.05) is 17.6 Å². The molecule has 6 heteroatoms. The number of hydrogen-bond acceptors (Lipinski definition) is 3. The van der Waals surface area contributed by atoms with E-state index in [0.717, 1.165) is 5.69 Å². The molecule has 0 spiro atoms. The van der Waals surface area contributed by atoms with Crippen molar-refractivity contribution in [2.24, 2.45) is 5.92 Å². The first-order valence-corrected chi connectivity index (χ1v) is 11.0. The van der Waals surface area contributed by atoms with Gasteiger partial charge in [0.1, 0.15) is 0 Å². The minimum absolute atomic E-state index is 0.0266. The van der Waals surface area contributed by atoms with E-state index in [0.29, 0.717) is 25.7 Å². The summed E-state index contributed by atoms with van der Waals surface area (Å²) in [5, 5.41) is 2.56. The Morgan fingerprint density at radius 3 is 2.04 bits per heavy atom. The van der Waals surface area contributed by atoms with Crippen molar-refractivity contribution in [3.05, 3.63) is 29.8 Å². The van der Waals surface area contributed by atoms with E-state index >= 15 is 0 Å². The summed E-state index contributed by atoms with van der Waals surface area (Å²) in [6.45, 7) is 9.82. The van der Waals surface area contributed by atoms with Gasteiger partial charge in [-0.15, -0.1) is 0 Å². The van der Waals surface area contributed by atoms with Crippen molar-refractivity contribution in [3.63, 3.8) is 0 Å². The van der Waals surface area contributed by atoms with Crippen molar-refractivity contribution < 1.29 is 13.2 Å². The molecule has 0 radical (unpaired) electrons. The molecule has 1 aliphatic carbocycles. The summed E-state index contributed by atoms with van der Waals surface area (Å²) >= 11 is 0. The van der Waals surface area contributed by atoms with Crippen LogP contribution in [-0.4, -0.2) is 25.6 Å². The molecule has 146 valence electrons. The summed E-state index contributed by atoms with van der Waals surface area (Å²) in [7, 11) is -3.25. The van der Waals surface area contributed by atoms with Crippen molar-refractivity contribution in [1.29, 1.82) is 0 Å². The first kappa shape index (κ1) is 20.9. The Labute approximate surface area is 158 Å². The zero-order chi connectivity index (χ0) is 19.5. The number of nitrogens with one attached hydrogen (secondary N) is 2. The summed E-state index contributed by atoms with van der Waals surface area (Å²) in [6.07, 6.45) is 2.81. The van der Waals surface area contributed by atoms with Gasteiger partial charge in [-0.25, -0.2) is 13.1 Å². The maximum atomic E-state index is 12.5. The molecule has 0 bridgehead atoms. The quantitative estimate of drug-likeness (QED) is 0.815. The van der Waals surface area contributed by atoms with Gasteiger partial charge in [-0.2, -0.15) is 0 Å². The van der Waals surface area contributed by atoms with Crippen molar-refractivity contribution in [2.75, 3.05) is 5.32 Å². The first-order chi connectivity index (χ1) is 12.0. The maximum absolute atomic E-state index is 12.5. The van der Waals surface area contributed by atoms with Gasteiger partial charge in [0.05, 0.1) is 5.25 Å². The number of carbonyl (C=O) groups is 1. The summed E-state index contributed by atoms with van der Waals surface area (Å²) < 4.78 is 26.7. The van der Waals surface area contributed by atoms with Crippen LogP contribution in [0.4, 0.5) is 5.69 Å². The molecule has 0 aromatic heterocycles. The van der Waals surface area contributed by atoms with E-state index in [2.05, 4.69) is 30.8 Å². The van der Waals surface area contributed by atoms with Gasteiger partial charge in [0.25, 0.3) is 0 Å². The molecule has 5 nitrogen and oxygen atoms in total. The van der Waals surface area contributed by atoms with E-state index < -0.39 is 15.3 Å². The molecular formula is C20H32N2O3S. The Morgan fingerprint density at radius 1 is 1.04 bits per heavy atom. The van der Waals surface area contributed by atoms with E-state index in [4.69, 9.17) is 0 Å². The second-order valence-corrected chi connectivity index (χ2v) is 10.8. The number of carbonyl (C=O) groups excluding carboxylic acids is 1. The summed E-state index contributed by atoms with van der Waals surface area (Å²) in [5.41, 5.74) is 2.13. The molecule has 1 fully saturated rings. The fourth-order valence-corrected chi connectivity index (χ4v) is 4.11. The highest BCUT2D eigenvalue weighted by molar-refractivity contribution is 7.90. The average molecular weight is 381 g/mol. The Morgan fingerprint density at radius 2 is 1.58 bits per heavy atom. The number of hydrogen-bond donors (Lipinski definition) is 2. The Kier molecular flexibility index (Phi) is 6.51. The van der Waals surface area contributed by atoms with Gasteiger partial charge < -0.3 is 5.32 Å². The lowest BCUT2D eigenvalue weighted by atomic mass is 9.85. The van der Waals surface area contributed by atoms with Crippen LogP contribution in [0.1, 0.15) is 65.9 Å². The SMILES string of the molecule is CC(C)S(=O)(=O)N[C@H]1CC[C@H](C(=O)Nc2ccc(C(C)(C)C)cc2)CC1. The molecule has 2 N–H and O–H groups in total. The second-order valence-electron chi connectivity index (χ2n) is 8.58. The molecule has 0 atom stereocenters. The summed E-state index contributed by atoms with van der Waals surface area (Å²) in [5.74, 6) is -0.0317. The zero-order valence-corrected chi connectivity index (χ0v) is 17.3. The Bertz CT molecular complexity index is 710. The van der Waals surface area contributed by atoms with E-state index in [9.17, 15) is 13.2 Å². The molecule has 1 saturated carbocycles. The van der Waals surface area contributed by atoms with E-state index in [-0.39, 0.29) is 23.3 Å². The fraction of sp³-hybridized carbons (Fsp3) is 0.650. The molecule has 0 saturated heterocycles. The van der Waals surface area contributed by atoms with Crippen LogP contribution >= 0.6 is 0 Å². The topological polar surface area (TPSA) is 75.3 Å². The number of benzene rings is 1. The molecule has 0 aliphatic heterocycles. The first-order valence-electron chi connectivity index (χ1n) is 9.41. The highest BCUT2D eigenvalue weighted by Gasteiger charge is 2.29. The van der Waals surface area contributed by atoms with Crippen LogP contribution in [0.5, 0.6) is 0 Å². The van der Waals surface area contributed by atoms with Crippen LogP contribution in [0.25, 0.3) is 0 Å². The third kappa shape index (κ3) is 5.55. The number of amides is 1. The third-order valence-corrected chi connectivity index (χ3v) is 6.97. The van der Waals surface area contributed by atoms with Gasteiger partial charge in [0.2, 0.25) is 15.9 Å². The van der Waals surface area contributed by atoms with Crippen LogP contribution in [0.3, 0.4) is 0 Å². The number of rotatable bonds is 5. The van der Waals surface area contributed by atoms with Crippen LogP contribution in [0.2, 0.25) is 0 Å². The largest absolute Gasteiger partial charge is 0.326 e. The van der Waals surface area contributed by atoms with E-state index in [1.807, 2.05) is 24.3 Å². The van der Waals surface area contributed by atoms with Gasteiger partial charge in [-0.3, -0.25) is 4.79 Å². The second kappa shape index (κ2) is 8.09. The highest BCUT2D eigenvalue weighted by atomic mass is 32.2. The molecule has 1 aromatic rings. The van der Waals surface area contributed by atoms with Gasteiger partial charge in [-0.1, -0.05) is 32.9 Å². The van der Waals surface area contributed by atoms with Crippen LogP contribution in [0, 0.1) is 5.92 Å². The maximum Gasteiger partial charge on any atom is 0.227 e. The molecule has 1 amide bonds. The molecule has 26 heavy (non-hydrogen) atoms. The smallest absolute Gasteiger partial charge is 0.227 e. The molecular weight excluding hydrogens is 348 g/mol. The lowest BCUT2D eigenvalue weighted by Crippen LogP contribution is -2.42. The molecule has 0 heterocycles. The standard InChI is InChI=1S/C20H32N2O3S/c1-14(2)26(24,25)22-18-10-6-15(7-11-18)19(23)21-17-12-8-16(9-13-17)20(3,4)5/h8-9,12-15,18,22H,6-7,10-11H2,1-5H3,(H,21,23)/t15-,18-. The minimum Gasteiger partial charge on any atom is -0.326 e. The van der Waals surface area contributed by atoms with E-state index in [1.165, 1.54) is 5.56 Å². The summed E-state index contributed by atoms with van der Waals surface area (Å²) in [4.78, 5) is 12.5. The van der Waals surface area contributed by atoms with Crippen molar-refractivity contribution in [2.45, 2.75) is 77.0 Å². The molecule has 1 aliphatic rings. The Hall–Kier alpha value is -1.40. The van der Waals surface area contributed by atoms with E-state index in [1.54, 1.807) is 13.8 Å². The van der Waals surface area contributed by atoms with Crippen molar-refractivity contribution in [1.82, 2.24) is 4.72 Å². The minimum atomic E-state index is -3.25. The highest BCUT2D eigenvalue weighted by Crippen LogP contribution is 2.27. The molecule has 2 rings (SSSR count). The zero-order valence-electron chi connectivity index (χ0n) is 16.5. The van der Waals surface area contributed by atoms with Crippen molar-refractivity contribution in [3.8, 4) is 0 Å². The molecule has 0 unspecified atom stereocenters. The van der Waals surface area contributed by atoms with Gasteiger partial charge in [0.15, 0.2) is 0 Å². The van der Waals surface area contributed by atoms with Crippen LogP contribution < -0.4 is 10.0 Å². The number of anilines is 1. The average Bonchev–Trinajstić information content (AvgIpc) is 2.54. The van der Waals surface area contributed by atoms with Crippen LogP contribution in [-0.2, 0) is 20.2 Å². The fourth-order valence-electron chi connectivity index (χ4n) is 3.14. The monoisotopic (exact) mass is 380 g/mol. The van der Waals surface area contributed by atoms with Gasteiger partial charge >= 0.3 is 0 Å². The Balaban J connectivity index is 1.87. The lowest BCUT2D eigenvalue weighted by molar-refractivity contribution is -0.120. The lowest BCUT2D eigenvalue weighted by Gasteiger charge is -2.29. The molecule has 1 aromatic carbocycles. The number of sulfonamides is 1. The predicted molar refractivity (Wildman–Crippen MR) is 107 cm³/mol. The van der Waals surface area contributed by atoms with Crippen molar-refractivity contribution >= 4 is 21.6 Å². The summed E-state index contributed by atoms with van der Waals surface area (Å²) in [6, 6.07) is 7.93. The van der Waals surface area contributed by atoms with Crippen LogP contribution in [0.15, 0.2) is 24.3 Å². The predicted octanol–water partition coefficient (Wildman–Crippen LogP) is 3.81. The van der Waals surface area contributed by atoms with Gasteiger partial charge in [-0.05, 0) is 62.6 Å².